The van der Waals surface area contributed by atoms with E-state index in [-0.39, 0.29) is 23.9 Å². The van der Waals surface area contributed by atoms with E-state index in [1.807, 2.05) is 45.9 Å². The highest BCUT2D eigenvalue weighted by molar-refractivity contribution is 9.10. The van der Waals surface area contributed by atoms with Crippen LogP contribution in [0.15, 0.2) is 40.9 Å². The number of benzene rings is 2. The number of carbonyl (C=O) groups excluding carboxylic acids is 1. The lowest BCUT2D eigenvalue weighted by atomic mass is 10.1. The van der Waals surface area contributed by atoms with Crippen LogP contribution in [-0.4, -0.2) is 31.2 Å². The molecule has 7 heteroatoms. The smallest absolute Gasteiger partial charge is 0.258 e. The first-order valence-electron chi connectivity index (χ1n) is 10.0. The lowest BCUT2D eigenvalue weighted by molar-refractivity contribution is -0.124. The Bertz CT molecular complexity index is 853. The molecular weight excluding hydrogens is 451 g/mol. The van der Waals surface area contributed by atoms with Crippen molar-refractivity contribution in [3.05, 3.63) is 57.8 Å². The van der Waals surface area contributed by atoms with Crippen LogP contribution in [0.25, 0.3) is 0 Å². The van der Waals surface area contributed by atoms with Gasteiger partial charge in [-0.3, -0.25) is 4.79 Å². The fourth-order valence-corrected chi connectivity index (χ4v) is 3.30. The molecule has 2 aromatic rings. The topological polar surface area (TPSA) is 59.6 Å². The third-order valence-electron chi connectivity index (χ3n) is 4.13. The highest BCUT2D eigenvalue weighted by atomic mass is 79.9. The van der Waals surface area contributed by atoms with Gasteiger partial charge in [0.25, 0.3) is 5.91 Å². The lowest BCUT2D eigenvalue weighted by Gasteiger charge is -2.21. The predicted molar refractivity (Wildman–Crippen MR) is 121 cm³/mol. The van der Waals surface area contributed by atoms with Crippen LogP contribution < -0.4 is 20.1 Å². The number of ether oxygens (including phenoxy) is 2. The first-order chi connectivity index (χ1) is 14.2. The molecule has 0 aliphatic carbocycles. The molecule has 2 aromatic carbocycles. The van der Waals surface area contributed by atoms with Crippen molar-refractivity contribution >= 4 is 21.8 Å². The maximum Gasteiger partial charge on any atom is 0.258 e. The zero-order valence-electron chi connectivity index (χ0n) is 18.0. The Morgan fingerprint density at radius 3 is 2.47 bits per heavy atom. The number of nitrogens with one attached hydrogen (secondary N) is 2. The molecule has 164 valence electrons. The van der Waals surface area contributed by atoms with Crippen LogP contribution in [0.2, 0.25) is 0 Å². The second-order valence-electron chi connectivity index (χ2n) is 7.93. The molecular formula is C23H30BrFN2O3. The molecule has 0 fully saturated rings. The van der Waals surface area contributed by atoms with Gasteiger partial charge in [0.2, 0.25) is 0 Å². The Morgan fingerprint density at radius 2 is 1.80 bits per heavy atom. The average molecular weight is 481 g/mol. The highest BCUT2D eigenvalue weighted by Gasteiger charge is 2.16. The molecule has 0 atom stereocenters. The zero-order valence-corrected chi connectivity index (χ0v) is 19.6. The maximum absolute atomic E-state index is 13.7. The third kappa shape index (κ3) is 7.95. The summed E-state index contributed by atoms with van der Waals surface area (Å²) in [6.07, 6.45) is 0.604. The molecule has 5 nitrogen and oxygen atoms in total. The van der Waals surface area contributed by atoms with E-state index in [1.54, 1.807) is 12.1 Å². The van der Waals surface area contributed by atoms with E-state index in [0.29, 0.717) is 43.2 Å². The van der Waals surface area contributed by atoms with Crippen molar-refractivity contribution in [1.29, 1.82) is 0 Å². The van der Waals surface area contributed by atoms with E-state index in [0.717, 1.165) is 10.0 Å². The van der Waals surface area contributed by atoms with Crippen LogP contribution in [0.4, 0.5) is 4.39 Å². The fourth-order valence-electron chi connectivity index (χ4n) is 2.84. The van der Waals surface area contributed by atoms with Gasteiger partial charge in [0, 0.05) is 16.6 Å². The van der Waals surface area contributed by atoms with Crippen LogP contribution in [-0.2, 0) is 17.8 Å². The monoisotopic (exact) mass is 480 g/mol. The molecule has 0 bridgehead atoms. The van der Waals surface area contributed by atoms with Gasteiger partial charge in [0.15, 0.2) is 18.1 Å². The van der Waals surface area contributed by atoms with Crippen molar-refractivity contribution in [2.75, 3.05) is 19.8 Å². The molecule has 0 saturated carbocycles. The Morgan fingerprint density at radius 1 is 1.10 bits per heavy atom. The van der Waals surface area contributed by atoms with Crippen LogP contribution in [0.1, 0.15) is 38.8 Å². The summed E-state index contributed by atoms with van der Waals surface area (Å²) >= 11 is 3.56. The summed E-state index contributed by atoms with van der Waals surface area (Å²) in [4.78, 5) is 12.0. The van der Waals surface area contributed by atoms with Gasteiger partial charge in [0.05, 0.1) is 6.61 Å². The second-order valence-corrected chi connectivity index (χ2v) is 8.78. The summed E-state index contributed by atoms with van der Waals surface area (Å²) < 4.78 is 26.0. The van der Waals surface area contributed by atoms with E-state index in [1.165, 1.54) is 6.07 Å². The highest BCUT2D eigenvalue weighted by Crippen LogP contribution is 2.34. The van der Waals surface area contributed by atoms with Gasteiger partial charge in [0.1, 0.15) is 5.82 Å². The number of hydrogen-bond donors (Lipinski definition) is 2. The van der Waals surface area contributed by atoms with E-state index < -0.39 is 0 Å². The molecule has 0 heterocycles. The van der Waals surface area contributed by atoms with Crippen LogP contribution >= 0.6 is 15.9 Å². The van der Waals surface area contributed by atoms with Gasteiger partial charge in [-0.2, -0.15) is 0 Å². The first kappa shape index (κ1) is 24.2. The molecule has 2 rings (SSSR count). The van der Waals surface area contributed by atoms with E-state index >= 15 is 0 Å². The van der Waals surface area contributed by atoms with Gasteiger partial charge < -0.3 is 20.1 Å². The van der Waals surface area contributed by atoms with Crippen molar-refractivity contribution in [1.82, 2.24) is 10.6 Å². The van der Waals surface area contributed by atoms with Crippen molar-refractivity contribution in [3.8, 4) is 11.5 Å². The standard InChI is InChI=1S/C23H30BrFN2O3/c1-5-29-20-12-17(14-26-11-10-16-8-6-7-9-19(16)25)18(24)13-21(20)30-15-22(28)27-23(2,3)4/h6-9,12-13,26H,5,10-11,14-15H2,1-4H3,(H,27,28). The minimum atomic E-state index is -0.317. The Balaban J connectivity index is 1.97. The largest absolute Gasteiger partial charge is 0.490 e. The number of carbonyl (C=O) groups is 1. The molecule has 0 saturated heterocycles. The van der Waals surface area contributed by atoms with Gasteiger partial charge >= 0.3 is 0 Å². The normalized spacial score (nSPS) is 11.3. The first-order valence-corrected chi connectivity index (χ1v) is 10.8. The summed E-state index contributed by atoms with van der Waals surface area (Å²) in [7, 11) is 0. The number of rotatable bonds is 10. The summed E-state index contributed by atoms with van der Waals surface area (Å²) in [6, 6.07) is 10.5. The number of halogens is 2. The van der Waals surface area contributed by atoms with Crippen LogP contribution in [0.3, 0.4) is 0 Å². The van der Waals surface area contributed by atoms with Crippen molar-refractivity contribution in [3.63, 3.8) is 0 Å². The van der Waals surface area contributed by atoms with Crippen molar-refractivity contribution in [2.45, 2.75) is 46.2 Å². The molecule has 0 spiro atoms. The molecule has 0 unspecified atom stereocenters. The SMILES string of the molecule is CCOc1cc(CNCCc2ccccc2F)c(Br)cc1OCC(=O)NC(C)(C)C. The summed E-state index contributed by atoms with van der Waals surface area (Å²) in [5, 5.41) is 6.19. The summed E-state index contributed by atoms with van der Waals surface area (Å²) in [5.41, 5.74) is 1.36. The Labute approximate surface area is 186 Å². The van der Waals surface area contributed by atoms with Crippen LogP contribution in [0.5, 0.6) is 11.5 Å². The van der Waals surface area contributed by atoms with E-state index in [2.05, 4.69) is 26.6 Å². The van der Waals surface area contributed by atoms with Crippen molar-refractivity contribution < 1.29 is 18.7 Å². The summed E-state index contributed by atoms with van der Waals surface area (Å²) in [6.45, 7) is 9.26. The molecule has 0 radical (unpaired) electrons. The quantitative estimate of drug-likeness (QED) is 0.487. The minimum Gasteiger partial charge on any atom is -0.490 e. The van der Waals surface area contributed by atoms with Crippen molar-refractivity contribution in [2.24, 2.45) is 0 Å². The predicted octanol–water partition coefficient (Wildman–Crippen LogP) is 4.61. The average Bonchev–Trinajstić information content (AvgIpc) is 2.66. The van der Waals surface area contributed by atoms with Gasteiger partial charge in [-0.25, -0.2) is 4.39 Å². The van der Waals surface area contributed by atoms with Crippen LogP contribution in [0, 0.1) is 5.82 Å². The van der Waals surface area contributed by atoms with Gasteiger partial charge in [-0.15, -0.1) is 0 Å². The Hall–Kier alpha value is -2.12. The van der Waals surface area contributed by atoms with E-state index in [4.69, 9.17) is 9.47 Å². The molecule has 0 aliphatic rings. The molecule has 0 aliphatic heterocycles. The number of amides is 1. The second kappa shape index (κ2) is 11.3. The molecule has 30 heavy (non-hydrogen) atoms. The third-order valence-corrected chi connectivity index (χ3v) is 4.87. The summed E-state index contributed by atoms with van der Waals surface area (Å²) in [5.74, 6) is 0.703. The minimum absolute atomic E-state index is 0.0932. The maximum atomic E-state index is 13.7. The molecule has 1 amide bonds. The number of hydrogen-bond acceptors (Lipinski definition) is 4. The Kier molecular flexibility index (Phi) is 9.11. The molecule has 0 aromatic heterocycles. The molecule has 2 N–H and O–H groups in total. The van der Waals surface area contributed by atoms with E-state index in [9.17, 15) is 9.18 Å². The zero-order chi connectivity index (χ0) is 22.1. The fraction of sp³-hybridized carbons (Fsp3) is 0.435. The van der Waals surface area contributed by atoms with Gasteiger partial charge in [-0.1, -0.05) is 34.1 Å². The van der Waals surface area contributed by atoms with Gasteiger partial charge in [-0.05, 0) is 70.0 Å². The lowest BCUT2D eigenvalue weighted by Crippen LogP contribution is -2.43.